The number of nitrogens with zero attached hydrogens (tertiary/aromatic N) is 3. The molecule has 28 heavy (non-hydrogen) atoms. The number of carbonyl (C=O) groups is 1. The van der Waals surface area contributed by atoms with Crippen LogP contribution in [-0.2, 0) is 11.3 Å². The van der Waals surface area contributed by atoms with Crippen molar-refractivity contribution in [2.24, 2.45) is 5.92 Å². The summed E-state index contributed by atoms with van der Waals surface area (Å²) in [5.74, 6) is 0.578. The molecule has 2 fully saturated rings. The molecule has 5 heteroatoms. The zero-order valence-corrected chi connectivity index (χ0v) is 16.5. The Hall–Kier alpha value is -2.40. The Labute approximate surface area is 167 Å². The molecule has 148 valence electrons. The lowest BCUT2D eigenvalue weighted by molar-refractivity contribution is -0.138. The van der Waals surface area contributed by atoms with Crippen molar-refractivity contribution in [1.82, 2.24) is 14.8 Å². The molecule has 2 aliphatic rings. The van der Waals surface area contributed by atoms with Crippen LogP contribution in [0.2, 0.25) is 0 Å². The molecule has 2 saturated heterocycles. The zero-order valence-electron chi connectivity index (χ0n) is 16.5. The van der Waals surface area contributed by atoms with E-state index in [2.05, 4.69) is 56.5 Å². The van der Waals surface area contributed by atoms with Crippen molar-refractivity contribution in [3.05, 3.63) is 60.4 Å². The van der Waals surface area contributed by atoms with Gasteiger partial charge in [-0.3, -0.25) is 14.7 Å². The molecule has 0 spiro atoms. The molecule has 2 aromatic rings. The number of nitrogens with one attached hydrogen (secondary N) is 1. The molecule has 1 aromatic carbocycles. The van der Waals surface area contributed by atoms with Crippen molar-refractivity contribution in [2.45, 2.75) is 38.3 Å². The standard InChI is InChI=1S/C23H30N4O/c28-23(20-8-14-26(15-9-20)18-19-6-12-24-13-7-19)27-16-10-22(11-17-27)25-21-4-2-1-3-5-21/h1-7,12-13,20,22,25H,8-11,14-18H2. The molecular weight excluding hydrogens is 348 g/mol. The summed E-state index contributed by atoms with van der Waals surface area (Å²) in [4.78, 5) is 21.6. The molecule has 0 saturated carbocycles. The van der Waals surface area contributed by atoms with E-state index in [9.17, 15) is 4.79 Å². The minimum absolute atomic E-state index is 0.201. The van der Waals surface area contributed by atoms with Gasteiger partial charge in [0.2, 0.25) is 5.91 Å². The molecule has 0 unspecified atom stereocenters. The number of aromatic nitrogens is 1. The third-order valence-electron chi connectivity index (χ3n) is 6.04. The van der Waals surface area contributed by atoms with Gasteiger partial charge in [0.1, 0.15) is 0 Å². The number of piperidine rings is 2. The van der Waals surface area contributed by atoms with E-state index in [1.54, 1.807) is 0 Å². The van der Waals surface area contributed by atoms with Crippen LogP contribution in [0.1, 0.15) is 31.2 Å². The highest BCUT2D eigenvalue weighted by atomic mass is 16.2. The Balaban J connectivity index is 1.20. The number of benzene rings is 1. The highest BCUT2D eigenvalue weighted by Gasteiger charge is 2.30. The second-order valence-corrected chi connectivity index (χ2v) is 8.02. The highest BCUT2D eigenvalue weighted by Crippen LogP contribution is 2.24. The van der Waals surface area contributed by atoms with E-state index in [-0.39, 0.29) is 5.92 Å². The normalized spacial score (nSPS) is 19.5. The minimum atomic E-state index is 0.201. The van der Waals surface area contributed by atoms with E-state index < -0.39 is 0 Å². The lowest BCUT2D eigenvalue weighted by Crippen LogP contribution is -2.47. The van der Waals surface area contributed by atoms with E-state index in [0.717, 1.165) is 58.4 Å². The van der Waals surface area contributed by atoms with E-state index >= 15 is 0 Å². The SMILES string of the molecule is O=C(C1CCN(Cc2ccncc2)CC1)N1CCC(Nc2ccccc2)CC1. The summed E-state index contributed by atoms with van der Waals surface area (Å²) in [6.07, 6.45) is 7.71. The van der Waals surface area contributed by atoms with Crippen LogP contribution in [0.15, 0.2) is 54.9 Å². The van der Waals surface area contributed by atoms with Gasteiger partial charge >= 0.3 is 0 Å². The molecule has 3 heterocycles. The molecule has 1 N–H and O–H groups in total. The van der Waals surface area contributed by atoms with Crippen LogP contribution in [-0.4, -0.2) is 52.9 Å². The minimum Gasteiger partial charge on any atom is -0.382 e. The topological polar surface area (TPSA) is 48.5 Å². The number of pyridine rings is 1. The van der Waals surface area contributed by atoms with Gasteiger partial charge in [-0.05, 0) is 68.6 Å². The van der Waals surface area contributed by atoms with E-state index in [4.69, 9.17) is 0 Å². The Bertz CT molecular complexity index is 672. The number of likely N-dealkylation sites (tertiary alicyclic amines) is 2. The average molecular weight is 379 g/mol. The fraction of sp³-hybridized carbons (Fsp3) is 0.478. The van der Waals surface area contributed by atoms with Gasteiger partial charge in [-0.2, -0.15) is 0 Å². The number of para-hydroxylation sites is 1. The number of rotatable bonds is 5. The van der Waals surface area contributed by atoms with Gasteiger partial charge in [0.25, 0.3) is 0 Å². The number of hydrogen-bond donors (Lipinski definition) is 1. The summed E-state index contributed by atoms with van der Waals surface area (Å²) in [7, 11) is 0. The van der Waals surface area contributed by atoms with Gasteiger partial charge in [-0.1, -0.05) is 18.2 Å². The lowest BCUT2D eigenvalue weighted by atomic mass is 9.93. The monoisotopic (exact) mass is 378 g/mol. The van der Waals surface area contributed by atoms with Crippen LogP contribution in [0.3, 0.4) is 0 Å². The molecular formula is C23H30N4O. The number of anilines is 1. The van der Waals surface area contributed by atoms with E-state index in [0.29, 0.717) is 11.9 Å². The first-order valence-corrected chi connectivity index (χ1v) is 10.5. The molecule has 0 radical (unpaired) electrons. The van der Waals surface area contributed by atoms with Crippen LogP contribution in [0.5, 0.6) is 0 Å². The van der Waals surface area contributed by atoms with Crippen molar-refractivity contribution >= 4 is 11.6 Å². The van der Waals surface area contributed by atoms with Crippen LogP contribution in [0, 0.1) is 5.92 Å². The first kappa shape index (κ1) is 18.9. The van der Waals surface area contributed by atoms with Crippen molar-refractivity contribution < 1.29 is 4.79 Å². The quantitative estimate of drug-likeness (QED) is 0.866. The van der Waals surface area contributed by atoms with Gasteiger partial charge in [-0.15, -0.1) is 0 Å². The van der Waals surface area contributed by atoms with Crippen LogP contribution in [0.25, 0.3) is 0 Å². The van der Waals surface area contributed by atoms with Crippen molar-refractivity contribution in [3.63, 3.8) is 0 Å². The largest absolute Gasteiger partial charge is 0.382 e. The molecule has 0 aliphatic carbocycles. The molecule has 1 amide bonds. The second-order valence-electron chi connectivity index (χ2n) is 8.02. The van der Waals surface area contributed by atoms with Gasteiger partial charge in [0, 0.05) is 49.7 Å². The molecule has 5 nitrogen and oxygen atoms in total. The first-order chi connectivity index (χ1) is 13.8. The third kappa shape index (κ3) is 4.90. The second kappa shape index (κ2) is 9.20. The van der Waals surface area contributed by atoms with E-state index in [1.807, 2.05) is 18.5 Å². The summed E-state index contributed by atoms with van der Waals surface area (Å²) in [5, 5.41) is 3.60. The summed E-state index contributed by atoms with van der Waals surface area (Å²) in [6.45, 7) is 4.72. The van der Waals surface area contributed by atoms with Gasteiger partial charge < -0.3 is 10.2 Å². The first-order valence-electron chi connectivity index (χ1n) is 10.5. The molecule has 4 rings (SSSR count). The molecule has 2 aliphatic heterocycles. The fourth-order valence-corrected chi connectivity index (χ4v) is 4.36. The smallest absolute Gasteiger partial charge is 0.225 e. The van der Waals surface area contributed by atoms with Gasteiger partial charge in [0.15, 0.2) is 0 Å². The summed E-state index contributed by atoms with van der Waals surface area (Å²) >= 11 is 0. The number of carbonyl (C=O) groups excluding carboxylic acids is 1. The predicted molar refractivity (Wildman–Crippen MR) is 112 cm³/mol. The Morgan fingerprint density at radius 1 is 0.929 bits per heavy atom. The summed E-state index contributed by atoms with van der Waals surface area (Å²) < 4.78 is 0. The Kier molecular flexibility index (Phi) is 6.22. The summed E-state index contributed by atoms with van der Waals surface area (Å²) in [6, 6.07) is 15.0. The number of amides is 1. The third-order valence-corrected chi connectivity index (χ3v) is 6.04. The van der Waals surface area contributed by atoms with Gasteiger partial charge in [-0.25, -0.2) is 0 Å². The Morgan fingerprint density at radius 3 is 2.29 bits per heavy atom. The maximum Gasteiger partial charge on any atom is 0.225 e. The zero-order chi connectivity index (χ0) is 19.2. The van der Waals surface area contributed by atoms with Gasteiger partial charge in [0.05, 0.1) is 0 Å². The maximum atomic E-state index is 13.0. The van der Waals surface area contributed by atoms with Crippen LogP contribution < -0.4 is 5.32 Å². The summed E-state index contributed by atoms with van der Waals surface area (Å²) in [5.41, 5.74) is 2.47. The average Bonchev–Trinajstić information content (AvgIpc) is 2.76. The van der Waals surface area contributed by atoms with E-state index in [1.165, 1.54) is 11.3 Å². The predicted octanol–water partition coefficient (Wildman–Crippen LogP) is 3.40. The Morgan fingerprint density at radius 2 is 1.61 bits per heavy atom. The molecule has 1 aromatic heterocycles. The van der Waals surface area contributed by atoms with Crippen LogP contribution in [0.4, 0.5) is 5.69 Å². The highest BCUT2D eigenvalue weighted by molar-refractivity contribution is 5.79. The molecule has 0 bridgehead atoms. The number of hydrogen-bond acceptors (Lipinski definition) is 4. The maximum absolute atomic E-state index is 13.0. The van der Waals surface area contributed by atoms with Crippen molar-refractivity contribution in [3.8, 4) is 0 Å². The molecule has 0 atom stereocenters. The van der Waals surface area contributed by atoms with Crippen molar-refractivity contribution in [1.29, 1.82) is 0 Å². The van der Waals surface area contributed by atoms with Crippen molar-refractivity contribution in [2.75, 3.05) is 31.5 Å². The fourth-order valence-electron chi connectivity index (χ4n) is 4.36. The van der Waals surface area contributed by atoms with Crippen LogP contribution >= 0.6 is 0 Å². The lowest BCUT2D eigenvalue weighted by Gasteiger charge is -2.37.